The lowest BCUT2D eigenvalue weighted by Gasteiger charge is -2.30. The van der Waals surface area contributed by atoms with Crippen LogP contribution in [0, 0.1) is 0 Å². The lowest BCUT2D eigenvalue weighted by Crippen LogP contribution is -2.44. The van der Waals surface area contributed by atoms with Gasteiger partial charge in [0.2, 0.25) is 11.8 Å². The van der Waals surface area contributed by atoms with Gasteiger partial charge in [0.05, 0.1) is 12.5 Å². The van der Waals surface area contributed by atoms with Gasteiger partial charge in [-0.25, -0.2) is 0 Å². The van der Waals surface area contributed by atoms with E-state index in [4.69, 9.17) is 0 Å². The van der Waals surface area contributed by atoms with Crippen LogP contribution in [0.3, 0.4) is 0 Å². The summed E-state index contributed by atoms with van der Waals surface area (Å²) in [4.78, 5) is 31.2. The number of carbonyl (C=O) groups is 2. The van der Waals surface area contributed by atoms with Gasteiger partial charge in [0, 0.05) is 32.0 Å². The van der Waals surface area contributed by atoms with E-state index in [1.165, 1.54) is 0 Å². The average molecular weight is 492 g/mol. The molecule has 0 bridgehead atoms. The molecule has 4 aromatic rings. The summed E-state index contributed by atoms with van der Waals surface area (Å²) >= 11 is 0. The standard InChI is InChI=1S/C32H33N3O2/c1-3-21-34(32(37)31(27-16-9-5-10-17-27)28-18-11-6-12-19-28)25-30(36)35(23-26-14-7-4-8-15-26)24-29-20-13-22-33(29)2/h3-20,22,31H,1,21,23-25H2,2H3. The highest BCUT2D eigenvalue weighted by Gasteiger charge is 2.29. The van der Waals surface area contributed by atoms with Crippen molar-refractivity contribution in [1.82, 2.24) is 14.4 Å². The molecule has 3 aromatic carbocycles. The molecule has 1 aromatic heterocycles. The molecule has 0 saturated heterocycles. The lowest BCUT2D eigenvalue weighted by atomic mass is 9.90. The molecule has 5 heteroatoms. The Balaban J connectivity index is 1.61. The zero-order valence-electron chi connectivity index (χ0n) is 21.2. The number of benzene rings is 3. The molecule has 5 nitrogen and oxygen atoms in total. The molecule has 0 N–H and O–H groups in total. The minimum absolute atomic E-state index is 0.0295. The second-order valence-corrected chi connectivity index (χ2v) is 9.11. The Morgan fingerprint density at radius 2 is 1.35 bits per heavy atom. The SMILES string of the molecule is C=CCN(CC(=O)N(Cc1ccccc1)Cc1cccn1C)C(=O)C(c1ccccc1)c1ccccc1. The molecule has 0 radical (unpaired) electrons. The first-order valence-corrected chi connectivity index (χ1v) is 12.5. The van der Waals surface area contributed by atoms with Crippen molar-refractivity contribution in [2.75, 3.05) is 13.1 Å². The second kappa shape index (κ2) is 12.5. The van der Waals surface area contributed by atoms with Crippen LogP contribution in [0.4, 0.5) is 0 Å². The zero-order chi connectivity index (χ0) is 26.0. The molecule has 4 rings (SSSR count). The minimum atomic E-state index is -0.509. The molecule has 1 heterocycles. The molecule has 0 aliphatic carbocycles. The predicted molar refractivity (Wildman–Crippen MR) is 148 cm³/mol. The number of hydrogen-bond acceptors (Lipinski definition) is 2. The topological polar surface area (TPSA) is 45.6 Å². The lowest BCUT2D eigenvalue weighted by molar-refractivity contribution is -0.141. The molecule has 188 valence electrons. The van der Waals surface area contributed by atoms with Gasteiger partial charge in [-0.05, 0) is 28.8 Å². The van der Waals surface area contributed by atoms with E-state index in [-0.39, 0.29) is 24.9 Å². The molecular weight excluding hydrogens is 458 g/mol. The molecular formula is C32H33N3O2. The average Bonchev–Trinajstić information content (AvgIpc) is 3.34. The maximum absolute atomic E-state index is 14.0. The quantitative estimate of drug-likeness (QED) is 0.264. The van der Waals surface area contributed by atoms with E-state index in [1.54, 1.807) is 11.0 Å². The van der Waals surface area contributed by atoms with Gasteiger partial charge in [-0.2, -0.15) is 0 Å². The first kappa shape index (κ1) is 25.7. The zero-order valence-corrected chi connectivity index (χ0v) is 21.2. The summed E-state index contributed by atoms with van der Waals surface area (Å²) in [6.45, 7) is 5.02. The third-order valence-electron chi connectivity index (χ3n) is 6.47. The highest BCUT2D eigenvalue weighted by atomic mass is 16.2. The van der Waals surface area contributed by atoms with Crippen LogP contribution < -0.4 is 0 Å². The highest BCUT2D eigenvalue weighted by molar-refractivity contribution is 5.91. The Bertz CT molecular complexity index is 1260. The summed E-state index contributed by atoms with van der Waals surface area (Å²) in [6, 6.07) is 33.4. The monoisotopic (exact) mass is 491 g/mol. The summed E-state index contributed by atoms with van der Waals surface area (Å²) in [5.74, 6) is -0.741. The molecule has 37 heavy (non-hydrogen) atoms. The van der Waals surface area contributed by atoms with E-state index in [0.717, 1.165) is 22.4 Å². The van der Waals surface area contributed by atoms with Gasteiger partial charge in [0.25, 0.3) is 0 Å². The summed E-state index contributed by atoms with van der Waals surface area (Å²) in [5, 5.41) is 0. The Morgan fingerprint density at radius 1 is 0.784 bits per heavy atom. The maximum Gasteiger partial charge on any atom is 0.242 e. The van der Waals surface area contributed by atoms with Crippen molar-refractivity contribution < 1.29 is 9.59 Å². The fourth-order valence-electron chi connectivity index (χ4n) is 4.50. The van der Waals surface area contributed by atoms with Gasteiger partial charge in [-0.3, -0.25) is 9.59 Å². The van der Waals surface area contributed by atoms with Gasteiger partial charge < -0.3 is 14.4 Å². The van der Waals surface area contributed by atoms with Crippen LogP contribution in [0.25, 0.3) is 0 Å². The third kappa shape index (κ3) is 6.64. The molecule has 0 fully saturated rings. The van der Waals surface area contributed by atoms with Crippen molar-refractivity contribution in [3.05, 3.63) is 144 Å². The molecule has 0 aliphatic heterocycles. The Kier molecular flexibility index (Phi) is 8.71. The highest BCUT2D eigenvalue weighted by Crippen LogP contribution is 2.27. The van der Waals surface area contributed by atoms with Crippen LogP contribution in [0.1, 0.15) is 28.3 Å². The first-order valence-electron chi connectivity index (χ1n) is 12.5. The second-order valence-electron chi connectivity index (χ2n) is 9.11. The molecule has 0 aliphatic rings. The summed E-state index contributed by atoms with van der Waals surface area (Å²) in [7, 11) is 1.97. The maximum atomic E-state index is 14.0. The molecule has 0 spiro atoms. The normalized spacial score (nSPS) is 10.8. The van der Waals surface area contributed by atoms with E-state index in [9.17, 15) is 9.59 Å². The molecule has 2 amide bonds. The fourth-order valence-corrected chi connectivity index (χ4v) is 4.50. The van der Waals surface area contributed by atoms with E-state index < -0.39 is 5.92 Å². The van der Waals surface area contributed by atoms with Crippen LogP contribution >= 0.6 is 0 Å². The van der Waals surface area contributed by atoms with Gasteiger partial charge in [0.15, 0.2) is 0 Å². The van der Waals surface area contributed by atoms with E-state index in [0.29, 0.717) is 13.1 Å². The predicted octanol–water partition coefficient (Wildman–Crippen LogP) is 5.40. The van der Waals surface area contributed by atoms with Gasteiger partial charge in [0.1, 0.15) is 6.54 Å². The van der Waals surface area contributed by atoms with Crippen molar-refractivity contribution in [3.63, 3.8) is 0 Å². The van der Waals surface area contributed by atoms with Crippen LogP contribution in [-0.4, -0.2) is 39.3 Å². The third-order valence-corrected chi connectivity index (χ3v) is 6.47. The summed E-state index contributed by atoms with van der Waals surface area (Å²) in [6.07, 6.45) is 3.65. The molecule has 0 saturated carbocycles. The number of aromatic nitrogens is 1. The van der Waals surface area contributed by atoms with Crippen molar-refractivity contribution in [3.8, 4) is 0 Å². The van der Waals surface area contributed by atoms with Crippen LogP contribution in [0.15, 0.2) is 122 Å². The number of aryl methyl sites for hydroxylation is 1. The number of rotatable bonds is 11. The smallest absolute Gasteiger partial charge is 0.242 e. The Labute approximate surface area is 219 Å². The number of amides is 2. The minimum Gasteiger partial charge on any atom is -0.353 e. The largest absolute Gasteiger partial charge is 0.353 e. The van der Waals surface area contributed by atoms with Crippen molar-refractivity contribution in [2.45, 2.75) is 19.0 Å². The van der Waals surface area contributed by atoms with E-state index in [2.05, 4.69) is 6.58 Å². The summed E-state index contributed by atoms with van der Waals surface area (Å²) < 4.78 is 2.01. The summed E-state index contributed by atoms with van der Waals surface area (Å²) in [5.41, 5.74) is 3.85. The van der Waals surface area contributed by atoms with Gasteiger partial charge in [-0.1, -0.05) is 97.1 Å². The van der Waals surface area contributed by atoms with Crippen LogP contribution in [0.2, 0.25) is 0 Å². The number of carbonyl (C=O) groups excluding carboxylic acids is 2. The van der Waals surface area contributed by atoms with Gasteiger partial charge in [-0.15, -0.1) is 6.58 Å². The van der Waals surface area contributed by atoms with Crippen LogP contribution in [-0.2, 0) is 29.7 Å². The van der Waals surface area contributed by atoms with E-state index >= 15 is 0 Å². The fraction of sp³-hybridized carbons (Fsp3) is 0.188. The van der Waals surface area contributed by atoms with E-state index in [1.807, 2.05) is 126 Å². The van der Waals surface area contributed by atoms with Crippen molar-refractivity contribution in [2.24, 2.45) is 7.05 Å². The van der Waals surface area contributed by atoms with Crippen molar-refractivity contribution in [1.29, 1.82) is 0 Å². The first-order chi connectivity index (χ1) is 18.1. The Morgan fingerprint density at radius 3 is 1.86 bits per heavy atom. The Hall–Kier alpha value is -4.38. The van der Waals surface area contributed by atoms with Crippen molar-refractivity contribution >= 4 is 11.8 Å². The van der Waals surface area contributed by atoms with Gasteiger partial charge >= 0.3 is 0 Å². The molecule has 0 unspecified atom stereocenters. The van der Waals surface area contributed by atoms with Crippen LogP contribution in [0.5, 0.6) is 0 Å². The molecule has 0 atom stereocenters. The number of nitrogens with zero attached hydrogens (tertiary/aromatic N) is 3. The number of hydrogen-bond donors (Lipinski definition) is 0.